The minimum atomic E-state index is -0.982. The Morgan fingerprint density at radius 2 is 1.86 bits per heavy atom. The number of hydrogen-bond acceptors (Lipinski definition) is 6. The van der Waals surface area contributed by atoms with Crippen LogP contribution in [0.1, 0.15) is 40.5 Å². The zero-order chi connectivity index (χ0) is 21.6. The van der Waals surface area contributed by atoms with E-state index in [2.05, 4.69) is 10.6 Å². The van der Waals surface area contributed by atoms with Gasteiger partial charge in [-0.25, -0.2) is 4.79 Å². The van der Waals surface area contributed by atoms with E-state index in [0.29, 0.717) is 18.0 Å². The number of hydrogen-bond donors (Lipinski definition) is 2. The number of amides is 4. The predicted octanol–water partition coefficient (Wildman–Crippen LogP) is 2.07. The summed E-state index contributed by atoms with van der Waals surface area (Å²) in [7, 11) is 0. The summed E-state index contributed by atoms with van der Waals surface area (Å²) in [6, 6.07) is 6.37. The Bertz CT molecular complexity index is 775. The molecule has 4 amide bonds. The highest BCUT2D eigenvalue weighted by Crippen LogP contribution is 2.18. The molecular formula is C20H27N3O6. The van der Waals surface area contributed by atoms with Gasteiger partial charge in [-0.2, -0.15) is 0 Å². The van der Waals surface area contributed by atoms with Crippen molar-refractivity contribution in [2.24, 2.45) is 0 Å². The van der Waals surface area contributed by atoms with Gasteiger partial charge < -0.3 is 20.1 Å². The normalized spacial score (nSPS) is 16.2. The van der Waals surface area contributed by atoms with Gasteiger partial charge in [-0.05, 0) is 58.4 Å². The molecule has 0 aliphatic carbocycles. The van der Waals surface area contributed by atoms with Crippen molar-refractivity contribution in [1.29, 1.82) is 0 Å². The number of carbonyl (C=O) groups excluding carboxylic acids is 4. The number of anilines is 1. The van der Waals surface area contributed by atoms with Crippen LogP contribution in [0.25, 0.3) is 0 Å². The predicted molar refractivity (Wildman–Crippen MR) is 105 cm³/mol. The van der Waals surface area contributed by atoms with Gasteiger partial charge in [0, 0.05) is 18.7 Å². The van der Waals surface area contributed by atoms with Crippen molar-refractivity contribution >= 4 is 29.5 Å². The number of nitrogens with zero attached hydrogens (tertiary/aromatic N) is 1. The summed E-state index contributed by atoms with van der Waals surface area (Å²) in [6.07, 6.45) is -0.746. The molecule has 1 saturated heterocycles. The summed E-state index contributed by atoms with van der Waals surface area (Å²) in [5.74, 6) is -0.679. The van der Waals surface area contributed by atoms with Crippen molar-refractivity contribution < 1.29 is 28.7 Å². The van der Waals surface area contributed by atoms with Crippen LogP contribution in [0, 0.1) is 0 Å². The molecule has 1 aromatic carbocycles. The van der Waals surface area contributed by atoms with Crippen molar-refractivity contribution in [3.8, 4) is 5.75 Å². The SMILES string of the molecule is CCOc1ccc(NC(=O)[C@H](C)OC(=O)CCCN2C(=O)NC(C)(C)C2=O)cc1. The number of esters is 1. The second kappa shape index (κ2) is 9.40. The lowest BCUT2D eigenvalue weighted by molar-refractivity contribution is -0.153. The molecule has 0 aromatic heterocycles. The fourth-order valence-electron chi connectivity index (χ4n) is 2.76. The Hall–Kier alpha value is -3.10. The second-order valence-electron chi connectivity index (χ2n) is 7.19. The molecule has 158 valence electrons. The molecule has 29 heavy (non-hydrogen) atoms. The summed E-state index contributed by atoms with van der Waals surface area (Å²) >= 11 is 0. The Morgan fingerprint density at radius 1 is 1.21 bits per heavy atom. The van der Waals surface area contributed by atoms with Crippen LogP contribution < -0.4 is 15.4 Å². The smallest absolute Gasteiger partial charge is 0.325 e. The summed E-state index contributed by atoms with van der Waals surface area (Å²) < 4.78 is 10.5. The number of ether oxygens (including phenoxy) is 2. The van der Waals surface area contributed by atoms with Crippen molar-refractivity contribution in [2.45, 2.75) is 52.2 Å². The number of carbonyl (C=O) groups is 4. The number of urea groups is 1. The van der Waals surface area contributed by atoms with Crippen LogP contribution in [0.2, 0.25) is 0 Å². The topological polar surface area (TPSA) is 114 Å². The van der Waals surface area contributed by atoms with Crippen LogP contribution in [0.15, 0.2) is 24.3 Å². The molecule has 1 aromatic rings. The maximum Gasteiger partial charge on any atom is 0.325 e. The molecule has 9 nitrogen and oxygen atoms in total. The first kappa shape index (κ1) is 22.2. The highest BCUT2D eigenvalue weighted by molar-refractivity contribution is 6.06. The molecule has 1 aliphatic rings. The highest BCUT2D eigenvalue weighted by atomic mass is 16.5. The zero-order valence-corrected chi connectivity index (χ0v) is 17.1. The van der Waals surface area contributed by atoms with Gasteiger partial charge in [0.25, 0.3) is 11.8 Å². The van der Waals surface area contributed by atoms with Crippen LogP contribution in [0.5, 0.6) is 5.75 Å². The van der Waals surface area contributed by atoms with E-state index in [9.17, 15) is 19.2 Å². The monoisotopic (exact) mass is 405 g/mol. The molecule has 0 spiro atoms. The lowest BCUT2D eigenvalue weighted by Crippen LogP contribution is -2.40. The first-order chi connectivity index (χ1) is 13.6. The van der Waals surface area contributed by atoms with Crippen LogP contribution in [0.3, 0.4) is 0 Å². The van der Waals surface area contributed by atoms with E-state index in [1.807, 2.05) is 6.92 Å². The van der Waals surface area contributed by atoms with Crippen LogP contribution in [0.4, 0.5) is 10.5 Å². The Kier molecular flexibility index (Phi) is 7.19. The van der Waals surface area contributed by atoms with E-state index in [-0.39, 0.29) is 25.3 Å². The van der Waals surface area contributed by atoms with Crippen molar-refractivity contribution in [3.05, 3.63) is 24.3 Å². The Morgan fingerprint density at radius 3 is 2.41 bits per heavy atom. The van der Waals surface area contributed by atoms with Gasteiger partial charge in [0.15, 0.2) is 6.10 Å². The minimum absolute atomic E-state index is 0.0157. The molecule has 0 radical (unpaired) electrons. The van der Waals surface area contributed by atoms with Crippen molar-refractivity contribution in [3.63, 3.8) is 0 Å². The Balaban J connectivity index is 1.74. The van der Waals surface area contributed by atoms with E-state index in [1.54, 1.807) is 38.1 Å². The molecule has 0 saturated carbocycles. The molecule has 1 heterocycles. The zero-order valence-electron chi connectivity index (χ0n) is 17.1. The van der Waals surface area contributed by atoms with E-state index < -0.39 is 29.6 Å². The average Bonchev–Trinajstić information content (AvgIpc) is 2.84. The largest absolute Gasteiger partial charge is 0.494 e. The van der Waals surface area contributed by atoms with Gasteiger partial charge in [0.1, 0.15) is 11.3 Å². The molecule has 9 heteroatoms. The molecule has 2 rings (SSSR count). The van der Waals surface area contributed by atoms with E-state index in [1.165, 1.54) is 6.92 Å². The van der Waals surface area contributed by atoms with E-state index in [4.69, 9.17) is 9.47 Å². The van der Waals surface area contributed by atoms with Crippen molar-refractivity contribution in [1.82, 2.24) is 10.2 Å². The molecular weight excluding hydrogens is 378 g/mol. The summed E-state index contributed by atoms with van der Waals surface area (Å²) in [5, 5.41) is 5.23. The molecule has 1 fully saturated rings. The summed E-state index contributed by atoms with van der Waals surface area (Å²) in [6.45, 7) is 7.24. The fourth-order valence-corrected chi connectivity index (χ4v) is 2.76. The molecule has 0 unspecified atom stereocenters. The van der Waals surface area contributed by atoms with Gasteiger partial charge in [-0.15, -0.1) is 0 Å². The van der Waals surface area contributed by atoms with E-state index >= 15 is 0 Å². The summed E-state index contributed by atoms with van der Waals surface area (Å²) in [4.78, 5) is 49.1. The lowest BCUT2D eigenvalue weighted by atomic mass is 10.1. The maximum atomic E-state index is 12.2. The van der Waals surface area contributed by atoms with Gasteiger partial charge >= 0.3 is 12.0 Å². The molecule has 2 N–H and O–H groups in total. The van der Waals surface area contributed by atoms with Gasteiger partial charge in [0.05, 0.1) is 6.61 Å². The number of imide groups is 1. The maximum absolute atomic E-state index is 12.2. The highest BCUT2D eigenvalue weighted by Gasteiger charge is 2.43. The Labute approximate surface area is 169 Å². The molecule has 0 bridgehead atoms. The fraction of sp³-hybridized carbons (Fsp3) is 0.500. The average molecular weight is 405 g/mol. The standard InChI is InChI=1S/C20H27N3O6/c1-5-28-15-10-8-14(9-11-15)21-17(25)13(2)29-16(24)7-6-12-23-18(26)20(3,4)22-19(23)27/h8-11,13H,5-7,12H2,1-4H3,(H,21,25)(H,22,27)/t13-/m0/s1. The summed E-state index contributed by atoms with van der Waals surface area (Å²) in [5.41, 5.74) is -0.382. The van der Waals surface area contributed by atoms with Crippen LogP contribution in [-0.4, -0.2) is 53.5 Å². The number of nitrogens with one attached hydrogen (secondary N) is 2. The minimum Gasteiger partial charge on any atom is -0.494 e. The van der Waals surface area contributed by atoms with Gasteiger partial charge in [-0.3, -0.25) is 19.3 Å². The lowest BCUT2D eigenvalue weighted by Gasteiger charge is -2.16. The molecule has 1 aliphatic heterocycles. The van der Waals surface area contributed by atoms with Crippen LogP contribution in [-0.2, 0) is 19.1 Å². The third-order valence-electron chi connectivity index (χ3n) is 4.32. The number of benzene rings is 1. The molecule has 1 atom stereocenters. The quantitative estimate of drug-likeness (QED) is 0.480. The third kappa shape index (κ3) is 5.94. The first-order valence-corrected chi connectivity index (χ1v) is 9.51. The number of rotatable bonds is 9. The van der Waals surface area contributed by atoms with Gasteiger partial charge in [0.2, 0.25) is 0 Å². The first-order valence-electron chi connectivity index (χ1n) is 9.51. The van der Waals surface area contributed by atoms with Crippen molar-refractivity contribution in [2.75, 3.05) is 18.5 Å². The van der Waals surface area contributed by atoms with E-state index in [0.717, 1.165) is 4.90 Å². The van der Waals surface area contributed by atoms with Gasteiger partial charge in [-0.1, -0.05) is 0 Å². The van der Waals surface area contributed by atoms with Crippen LogP contribution >= 0.6 is 0 Å². The third-order valence-corrected chi connectivity index (χ3v) is 4.32. The second-order valence-corrected chi connectivity index (χ2v) is 7.19.